The summed E-state index contributed by atoms with van der Waals surface area (Å²) < 4.78 is 27.4. The lowest BCUT2D eigenvalue weighted by Gasteiger charge is -2.26. The van der Waals surface area contributed by atoms with Gasteiger partial charge in [0.05, 0.1) is 5.02 Å². The zero-order valence-electron chi connectivity index (χ0n) is 18.0. The number of pyridine rings is 1. The second kappa shape index (κ2) is 10.4. The van der Waals surface area contributed by atoms with Gasteiger partial charge in [0.25, 0.3) is 5.91 Å². The van der Waals surface area contributed by atoms with Crippen molar-refractivity contribution in [1.82, 2.24) is 14.6 Å². The summed E-state index contributed by atoms with van der Waals surface area (Å²) in [6.45, 7) is 7.15. The molecule has 1 aliphatic rings. The van der Waals surface area contributed by atoms with Crippen molar-refractivity contribution in [3.63, 3.8) is 0 Å². The van der Waals surface area contributed by atoms with Crippen molar-refractivity contribution in [3.8, 4) is 0 Å². The van der Waals surface area contributed by atoms with Gasteiger partial charge in [-0.25, -0.2) is 13.4 Å². The standard InChI is InChI=1S/C22H29ClN4O3S/c1-3-26(4-2)21-11-8-17(15-24-21)16-25-22(28)18-9-10-19(23)20(14-18)31(29,30)27-12-6-5-7-13-27/h8-11,14-15H,3-7,12-13,16H2,1-2H3,(H,25,28). The maximum absolute atomic E-state index is 13.0. The number of piperidine rings is 1. The molecule has 2 heterocycles. The SMILES string of the molecule is CCN(CC)c1ccc(CNC(=O)c2ccc(Cl)c(S(=O)(=O)N3CCCCC3)c2)cn1. The molecule has 0 radical (unpaired) electrons. The Morgan fingerprint density at radius 3 is 2.45 bits per heavy atom. The average Bonchev–Trinajstić information content (AvgIpc) is 2.80. The number of nitrogens with zero attached hydrogens (tertiary/aromatic N) is 3. The van der Waals surface area contributed by atoms with Crippen LogP contribution in [0.3, 0.4) is 0 Å². The first-order chi connectivity index (χ1) is 14.9. The predicted molar refractivity (Wildman–Crippen MR) is 123 cm³/mol. The van der Waals surface area contributed by atoms with E-state index >= 15 is 0 Å². The van der Waals surface area contributed by atoms with Gasteiger partial charge in [0, 0.05) is 44.5 Å². The van der Waals surface area contributed by atoms with Crippen LogP contribution in [0.5, 0.6) is 0 Å². The van der Waals surface area contributed by atoms with Gasteiger partial charge in [0.2, 0.25) is 10.0 Å². The fraction of sp³-hybridized carbons (Fsp3) is 0.455. The van der Waals surface area contributed by atoms with Gasteiger partial charge >= 0.3 is 0 Å². The maximum Gasteiger partial charge on any atom is 0.251 e. The number of anilines is 1. The number of nitrogens with one attached hydrogen (secondary N) is 1. The molecule has 1 aromatic heterocycles. The van der Waals surface area contributed by atoms with Crippen molar-refractivity contribution in [3.05, 3.63) is 52.7 Å². The van der Waals surface area contributed by atoms with Crippen LogP contribution in [0.25, 0.3) is 0 Å². The lowest BCUT2D eigenvalue weighted by atomic mass is 10.2. The average molecular weight is 465 g/mol. The van der Waals surface area contributed by atoms with Crippen molar-refractivity contribution in [1.29, 1.82) is 0 Å². The molecule has 3 rings (SSSR count). The van der Waals surface area contributed by atoms with Gasteiger partial charge in [-0.3, -0.25) is 4.79 Å². The molecule has 1 amide bonds. The molecule has 1 saturated heterocycles. The molecule has 1 fully saturated rings. The molecule has 7 nitrogen and oxygen atoms in total. The van der Waals surface area contributed by atoms with Crippen molar-refractivity contribution in [2.45, 2.75) is 44.6 Å². The summed E-state index contributed by atoms with van der Waals surface area (Å²) >= 11 is 6.19. The smallest absolute Gasteiger partial charge is 0.251 e. The number of carbonyl (C=O) groups excluding carboxylic acids is 1. The zero-order valence-corrected chi connectivity index (χ0v) is 19.5. The Bertz CT molecular complexity index is 1000. The predicted octanol–water partition coefficient (Wildman–Crippen LogP) is 3.69. The molecule has 2 aromatic rings. The molecule has 1 aliphatic heterocycles. The largest absolute Gasteiger partial charge is 0.357 e. The van der Waals surface area contributed by atoms with E-state index < -0.39 is 10.0 Å². The van der Waals surface area contributed by atoms with Gasteiger partial charge in [-0.05, 0) is 56.5 Å². The maximum atomic E-state index is 13.0. The van der Waals surface area contributed by atoms with E-state index in [4.69, 9.17) is 11.6 Å². The quantitative estimate of drug-likeness (QED) is 0.644. The summed E-state index contributed by atoms with van der Waals surface area (Å²) in [6.07, 6.45) is 4.42. The summed E-state index contributed by atoms with van der Waals surface area (Å²) in [5.41, 5.74) is 1.12. The third-order valence-electron chi connectivity index (χ3n) is 5.48. The molecule has 0 bridgehead atoms. The minimum Gasteiger partial charge on any atom is -0.357 e. The topological polar surface area (TPSA) is 82.6 Å². The Morgan fingerprint density at radius 2 is 1.84 bits per heavy atom. The van der Waals surface area contributed by atoms with Crippen LogP contribution < -0.4 is 10.2 Å². The molecule has 0 atom stereocenters. The molecule has 0 spiro atoms. The highest BCUT2D eigenvalue weighted by Crippen LogP contribution is 2.28. The minimum atomic E-state index is -3.73. The fourth-order valence-corrected chi connectivity index (χ4v) is 5.64. The van der Waals surface area contributed by atoms with Crippen LogP contribution in [0.1, 0.15) is 49.0 Å². The molecular weight excluding hydrogens is 436 g/mol. The van der Waals surface area contributed by atoms with Gasteiger partial charge in [0.1, 0.15) is 10.7 Å². The molecule has 168 valence electrons. The van der Waals surface area contributed by atoms with E-state index in [2.05, 4.69) is 29.0 Å². The number of sulfonamides is 1. The Hall–Kier alpha value is -2.16. The van der Waals surface area contributed by atoms with Crippen LogP contribution in [-0.4, -0.2) is 49.8 Å². The summed E-state index contributed by atoms with van der Waals surface area (Å²) in [5.74, 6) is 0.532. The van der Waals surface area contributed by atoms with Crippen molar-refractivity contribution >= 4 is 33.3 Å². The zero-order chi connectivity index (χ0) is 22.4. The molecule has 1 aromatic carbocycles. The van der Waals surface area contributed by atoms with Crippen LogP contribution in [-0.2, 0) is 16.6 Å². The Morgan fingerprint density at radius 1 is 1.13 bits per heavy atom. The third-order valence-corrected chi connectivity index (χ3v) is 7.86. The van der Waals surface area contributed by atoms with E-state index in [0.717, 1.165) is 43.7 Å². The molecule has 9 heteroatoms. The van der Waals surface area contributed by atoms with Gasteiger partial charge in [0.15, 0.2) is 0 Å². The van der Waals surface area contributed by atoms with E-state index in [1.54, 1.807) is 6.20 Å². The first-order valence-corrected chi connectivity index (χ1v) is 12.5. The summed E-state index contributed by atoms with van der Waals surface area (Å²) in [5, 5.41) is 2.95. The first-order valence-electron chi connectivity index (χ1n) is 10.6. The Balaban J connectivity index is 1.70. The van der Waals surface area contributed by atoms with Crippen LogP contribution in [0.4, 0.5) is 5.82 Å². The number of halogens is 1. The summed E-state index contributed by atoms with van der Waals surface area (Å²) in [6, 6.07) is 8.22. The number of benzene rings is 1. The molecule has 31 heavy (non-hydrogen) atoms. The van der Waals surface area contributed by atoms with E-state index in [9.17, 15) is 13.2 Å². The number of hydrogen-bond donors (Lipinski definition) is 1. The number of rotatable bonds is 8. The number of aromatic nitrogens is 1. The number of amides is 1. The molecule has 1 N–H and O–H groups in total. The normalized spacial score (nSPS) is 14.9. The second-order valence-electron chi connectivity index (χ2n) is 7.49. The van der Waals surface area contributed by atoms with Crippen LogP contribution in [0.2, 0.25) is 5.02 Å². The van der Waals surface area contributed by atoms with E-state index in [-0.39, 0.29) is 21.4 Å². The highest BCUT2D eigenvalue weighted by atomic mass is 35.5. The number of carbonyl (C=O) groups is 1. The van der Waals surface area contributed by atoms with E-state index in [1.807, 2.05) is 12.1 Å². The highest BCUT2D eigenvalue weighted by molar-refractivity contribution is 7.89. The first kappa shape index (κ1) is 23.5. The van der Waals surface area contributed by atoms with Gasteiger partial charge < -0.3 is 10.2 Å². The van der Waals surface area contributed by atoms with Crippen LogP contribution in [0.15, 0.2) is 41.4 Å². The Labute approximate surface area is 189 Å². The second-order valence-corrected chi connectivity index (χ2v) is 9.80. The van der Waals surface area contributed by atoms with Gasteiger partial charge in [-0.15, -0.1) is 0 Å². The molecule has 0 aliphatic carbocycles. The molecule has 0 unspecified atom stereocenters. The van der Waals surface area contributed by atoms with Crippen LogP contribution >= 0.6 is 11.6 Å². The van der Waals surface area contributed by atoms with Crippen molar-refractivity contribution in [2.75, 3.05) is 31.1 Å². The van der Waals surface area contributed by atoms with E-state index in [1.165, 1.54) is 22.5 Å². The molecule has 0 saturated carbocycles. The fourth-order valence-electron chi connectivity index (χ4n) is 3.63. The molecular formula is C22H29ClN4O3S. The minimum absolute atomic E-state index is 0.0195. The van der Waals surface area contributed by atoms with Gasteiger partial charge in [-0.1, -0.05) is 24.1 Å². The van der Waals surface area contributed by atoms with Gasteiger partial charge in [-0.2, -0.15) is 4.31 Å². The summed E-state index contributed by atoms with van der Waals surface area (Å²) in [4.78, 5) is 19.2. The third kappa shape index (κ3) is 5.56. The van der Waals surface area contributed by atoms with E-state index in [0.29, 0.717) is 19.6 Å². The lowest BCUT2D eigenvalue weighted by molar-refractivity contribution is 0.0950. The number of hydrogen-bond acceptors (Lipinski definition) is 5. The summed E-state index contributed by atoms with van der Waals surface area (Å²) in [7, 11) is -3.73. The lowest BCUT2D eigenvalue weighted by Crippen LogP contribution is -2.36. The highest BCUT2D eigenvalue weighted by Gasteiger charge is 2.28. The van der Waals surface area contributed by atoms with Crippen LogP contribution in [0, 0.1) is 0 Å². The van der Waals surface area contributed by atoms with Crippen molar-refractivity contribution in [2.24, 2.45) is 0 Å². The Kier molecular flexibility index (Phi) is 7.91. The van der Waals surface area contributed by atoms with Crippen molar-refractivity contribution < 1.29 is 13.2 Å². The monoisotopic (exact) mass is 464 g/mol.